The number of hydrogen-bond donors (Lipinski definition) is 2. The van der Waals surface area contributed by atoms with E-state index in [1.165, 1.54) is 0 Å². The van der Waals surface area contributed by atoms with Crippen LogP contribution >= 0.6 is 0 Å². The first-order valence-electron chi connectivity index (χ1n) is 8.81. The van der Waals surface area contributed by atoms with Gasteiger partial charge in [0.1, 0.15) is 11.5 Å². The SMILES string of the molecule is Oc1cccc(-c2cccc(OOc3cccc(-c4cccc(O)c4)c3)c2)c1. The Morgan fingerprint density at radius 3 is 1.18 bits per heavy atom. The van der Waals surface area contributed by atoms with Gasteiger partial charge in [0.2, 0.25) is 0 Å². The second kappa shape index (κ2) is 7.76. The molecule has 0 spiro atoms. The van der Waals surface area contributed by atoms with Gasteiger partial charge in [-0.2, -0.15) is 0 Å². The summed E-state index contributed by atoms with van der Waals surface area (Å²) in [6, 6.07) is 28.9. The third-order valence-electron chi connectivity index (χ3n) is 4.26. The van der Waals surface area contributed by atoms with Crippen LogP contribution in [0.15, 0.2) is 97.1 Å². The first-order valence-corrected chi connectivity index (χ1v) is 8.81. The van der Waals surface area contributed by atoms with Gasteiger partial charge in [-0.3, -0.25) is 9.78 Å². The predicted octanol–water partition coefficient (Wildman–Crippen LogP) is 5.80. The van der Waals surface area contributed by atoms with Crippen molar-refractivity contribution in [1.82, 2.24) is 0 Å². The van der Waals surface area contributed by atoms with Gasteiger partial charge in [0.05, 0.1) is 0 Å². The summed E-state index contributed by atoms with van der Waals surface area (Å²) in [5.41, 5.74) is 3.59. The Labute approximate surface area is 162 Å². The number of benzene rings is 4. The molecule has 4 heteroatoms. The summed E-state index contributed by atoms with van der Waals surface area (Å²) in [5.74, 6) is 1.51. The van der Waals surface area contributed by atoms with E-state index in [0.717, 1.165) is 22.3 Å². The lowest BCUT2D eigenvalue weighted by Gasteiger charge is -2.09. The molecule has 0 aliphatic carbocycles. The standard InChI is InChI=1S/C24H18O4/c25-21-9-1-5-17(13-21)19-7-3-11-23(15-19)27-28-24-12-4-8-20(16-24)18-6-2-10-22(26)14-18/h1-16,25-26H. The summed E-state index contributed by atoms with van der Waals surface area (Å²) < 4.78 is 0. The normalized spacial score (nSPS) is 10.4. The van der Waals surface area contributed by atoms with E-state index >= 15 is 0 Å². The number of phenols is 2. The van der Waals surface area contributed by atoms with E-state index in [1.807, 2.05) is 48.5 Å². The predicted molar refractivity (Wildman–Crippen MR) is 108 cm³/mol. The van der Waals surface area contributed by atoms with Gasteiger partial charge in [0.25, 0.3) is 0 Å². The van der Waals surface area contributed by atoms with Crippen LogP contribution in [0.25, 0.3) is 22.3 Å². The fourth-order valence-electron chi connectivity index (χ4n) is 2.92. The van der Waals surface area contributed by atoms with Crippen molar-refractivity contribution in [1.29, 1.82) is 0 Å². The Hall–Kier alpha value is -3.92. The highest BCUT2D eigenvalue weighted by molar-refractivity contribution is 5.67. The first kappa shape index (κ1) is 17.5. The van der Waals surface area contributed by atoms with E-state index in [9.17, 15) is 10.2 Å². The minimum Gasteiger partial charge on any atom is -0.508 e. The number of hydrogen-bond acceptors (Lipinski definition) is 4. The smallest absolute Gasteiger partial charge is 0.179 e. The van der Waals surface area contributed by atoms with E-state index in [1.54, 1.807) is 48.5 Å². The molecule has 138 valence electrons. The molecule has 0 fully saturated rings. The van der Waals surface area contributed by atoms with Gasteiger partial charge in [-0.1, -0.05) is 48.5 Å². The second-order valence-corrected chi connectivity index (χ2v) is 6.32. The molecule has 0 saturated heterocycles. The third kappa shape index (κ3) is 4.07. The molecular weight excluding hydrogens is 352 g/mol. The molecule has 4 rings (SSSR count). The van der Waals surface area contributed by atoms with Crippen LogP contribution in [0.1, 0.15) is 0 Å². The van der Waals surface area contributed by atoms with Crippen molar-refractivity contribution in [2.24, 2.45) is 0 Å². The topological polar surface area (TPSA) is 58.9 Å². The molecule has 0 aliphatic heterocycles. The first-order chi connectivity index (χ1) is 13.7. The quantitative estimate of drug-likeness (QED) is 0.344. The van der Waals surface area contributed by atoms with Crippen molar-refractivity contribution in [3.63, 3.8) is 0 Å². The zero-order valence-electron chi connectivity index (χ0n) is 14.9. The molecule has 0 saturated carbocycles. The highest BCUT2D eigenvalue weighted by atomic mass is 17.2. The van der Waals surface area contributed by atoms with Gasteiger partial charge in [0, 0.05) is 0 Å². The minimum absolute atomic E-state index is 0.212. The van der Waals surface area contributed by atoms with Crippen LogP contribution in [0.3, 0.4) is 0 Å². The Morgan fingerprint density at radius 1 is 0.429 bits per heavy atom. The van der Waals surface area contributed by atoms with Crippen LogP contribution < -0.4 is 9.78 Å². The maximum Gasteiger partial charge on any atom is 0.179 e. The lowest BCUT2D eigenvalue weighted by atomic mass is 10.1. The zero-order valence-corrected chi connectivity index (χ0v) is 14.9. The average Bonchev–Trinajstić information content (AvgIpc) is 2.73. The highest BCUT2D eigenvalue weighted by Gasteiger charge is 2.05. The van der Waals surface area contributed by atoms with Gasteiger partial charge in [-0.15, -0.1) is 0 Å². The Bertz CT molecular complexity index is 1020. The molecule has 2 N–H and O–H groups in total. The Kier molecular flexibility index (Phi) is 4.85. The zero-order chi connectivity index (χ0) is 19.3. The van der Waals surface area contributed by atoms with Gasteiger partial charge in [-0.05, 0) is 70.8 Å². The van der Waals surface area contributed by atoms with Crippen molar-refractivity contribution < 1.29 is 20.0 Å². The van der Waals surface area contributed by atoms with Crippen molar-refractivity contribution >= 4 is 0 Å². The summed E-state index contributed by atoms with van der Waals surface area (Å²) in [7, 11) is 0. The van der Waals surface area contributed by atoms with Crippen LogP contribution in [0.2, 0.25) is 0 Å². The molecule has 0 amide bonds. The summed E-state index contributed by atoms with van der Waals surface area (Å²) in [5, 5.41) is 19.3. The Balaban J connectivity index is 1.51. The van der Waals surface area contributed by atoms with Gasteiger partial charge >= 0.3 is 0 Å². The molecule has 4 aromatic carbocycles. The molecule has 0 heterocycles. The largest absolute Gasteiger partial charge is 0.508 e. The monoisotopic (exact) mass is 370 g/mol. The lowest BCUT2D eigenvalue weighted by molar-refractivity contribution is -0.0998. The summed E-state index contributed by atoms with van der Waals surface area (Å²) >= 11 is 0. The van der Waals surface area contributed by atoms with E-state index in [4.69, 9.17) is 9.78 Å². The molecule has 4 aromatic rings. The molecule has 0 atom stereocenters. The van der Waals surface area contributed by atoms with Crippen LogP contribution in [0.4, 0.5) is 0 Å². The third-order valence-corrected chi connectivity index (χ3v) is 4.26. The van der Waals surface area contributed by atoms with E-state index in [-0.39, 0.29) is 11.5 Å². The minimum atomic E-state index is 0.212. The Morgan fingerprint density at radius 2 is 0.786 bits per heavy atom. The van der Waals surface area contributed by atoms with E-state index < -0.39 is 0 Å². The van der Waals surface area contributed by atoms with Crippen LogP contribution in [0, 0.1) is 0 Å². The number of phenolic OH excluding ortho intramolecular Hbond substituents is 2. The number of rotatable bonds is 5. The lowest BCUT2D eigenvalue weighted by Crippen LogP contribution is -2.00. The molecule has 0 radical (unpaired) electrons. The summed E-state index contributed by atoms with van der Waals surface area (Å²) in [6.07, 6.45) is 0. The molecule has 0 bridgehead atoms. The van der Waals surface area contributed by atoms with Crippen molar-refractivity contribution in [2.45, 2.75) is 0 Å². The summed E-state index contributed by atoms with van der Waals surface area (Å²) in [4.78, 5) is 11.0. The maximum atomic E-state index is 9.66. The average molecular weight is 370 g/mol. The molecule has 0 unspecified atom stereocenters. The molecule has 0 aromatic heterocycles. The fraction of sp³-hybridized carbons (Fsp3) is 0. The molecule has 4 nitrogen and oxygen atoms in total. The van der Waals surface area contributed by atoms with Crippen molar-refractivity contribution in [3.8, 4) is 45.3 Å². The molecular formula is C24H18O4. The van der Waals surface area contributed by atoms with Crippen LogP contribution in [-0.4, -0.2) is 10.2 Å². The molecule has 28 heavy (non-hydrogen) atoms. The number of aromatic hydroxyl groups is 2. The van der Waals surface area contributed by atoms with Crippen LogP contribution in [-0.2, 0) is 0 Å². The van der Waals surface area contributed by atoms with E-state index in [0.29, 0.717) is 11.5 Å². The summed E-state index contributed by atoms with van der Waals surface area (Å²) in [6.45, 7) is 0. The van der Waals surface area contributed by atoms with Gasteiger partial charge < -0.3 is 10.2 Å². The van der Waals surface area contributed by atoms with Gasteiger partial charge in [-0.25, -0.2) is 0 Å². The maximum absolute atomic E-state index is 9.66. The van der Waals surface area contributed by atoms with Crippen molar-refractivity contribution in [3.05, 3.63) is 97.1 Å². The molecule has 0 aliphatic rings. The second-order valence-electron chi connectivity index (χ2n) is 6.32. The van der Waals surface area contributed by atoms with Gasteiger partial charge in [0.15, 0.2) is 11.5 Å². The van der Waals surface area contributed by atoms with Crippen molar-refractivity contribution in [2.75, 3.05) is 0 Å². The highest BCUT2D eigenvalue weighted by Crippen LogP contribution is 2.29. The van der Waals surface area contributed by atoms with Crippen LogP contribution in [0.5, 0.6) is 23.0 Å². The van der Waals surface area contributed by atoms with E-state index in [2.05, 4.69) is 0 Å². The fourth-order valence-corrected chi connectivity index (χ4v) is 2.92.